The van der Waals surface area contributed by atoms with Crippen molar-refractivity contribution in [1.82, 2.24) is 0 Å². The van der Waals surface area contributed by atoms with Gasteiger partial charge in [-0.05, 0) is 34.6 Å². The van der Waals surface area contributed by atoms with Crippen LogP contribution in [-0.4, -0.2) is 5.11 Å². The highest BCUT2D eigenvalue weighted by Gasteiger charge is 2.26. The van der Waals surface area contributed by atoms with Crippen LogP contribution in [0.15, 0.2) is 17.8 Å². The van der Waals surface area contributed by atoms with E-state index in [0.29, 0.717) is 5.75 Å². The largest absolute Gasteiger partial charge is 0.507 e. The third kappa shape index (κ3) is 3.86. The van der Waals surface area contributed by atoms with Gasteiger partial charge >= 0.3 is 0 Å². The van der Waals surface area contributed by atoms with Crippen LogP contribution in [0.25, 0.3) is 10.9 Å². The first-order valence-corrected chi connectivity index (χ1v) is 6.88. The molecule has 110 valence electrons. The highest BCUT2D eigenvalue weighted by molar-refractivity contribution is 5.64. The molecule has 3 heteroatoms. The van der Waals surface area contributed by atoms with Crippen molar-refractivity contribution >= 4 is 6.08 Å². The fraction of sp³-hybridized carbons (Fsp3) is 0.444. The molecule has 21 heavy (non-hydrogen) atoms. The summed E-state index contributed by atoms with van der Waals surface area (Å²) in [5, 5.41) is 19.5. The predicted octanol–water partition coefficient (Wildman–Crippen LogP) is 4.77. The van der Waals surface area contributed by atoms with Crippen LogP contribution in [-0.2, 0) is 10.8 Å². The molecule has 0 aromatic heterocycles. The number of hydrogen-bond acceptors (Lipinski definition) is 2. The highest BCUT2D eigenvalue weighted by atomic mass is 16.3. The second-order valence-electron chi connectivity index (χ2n) is 7.22. The SMILES string of the molecule is [C-]#[N+]/C(C#N)=C\c1cc(C(C)(C)C)c(O)c(C(C)(C)C)c1. The number of nitrogens with zero attached hydrogens (tertiary/aromatic N) is 2. The maximum atomic E-state index is 10.6. The monoisotopic (exact) mass is 282 g/mol. The first-order valence-electron chi connectivity index (χ1n) is 6.88. The zero-order chi connectivity index (χ0) is 16.4. The Morgan fingerprint density at radius 2 is 1.57 bits per heavy atom. The average Bonchev–Trinajstić information content (AvgIpc) is 2.34. The van der Waals surface area contributed by atoms with Gasteiger partial charge in [-0.25, -0.2) is 10.1 Å². The Morgan fingerprint density at radius 3 is 1.86 bits per heavy atom. The molecule has 1 N–H and O–H groups in total. The van der Waals surface area contributed by atoms with Crippen molar-refractivity contribution in [2.75, 3.05) is 0 Å². The van der Waals surface area contributed by atoms with Gasteiger partial charge in [0.25, 0.3) is 5.70 Å². The number of phenols is 1. The molecule has 0 saturated carbocycles. The van der Waals surface area contributed by atoms with Gasteiger partial charge in [-0.15, -0.1) is 0 Å². The fourth-order valence-corrected chi connectivity index (χ4v) is 2.13. The standard InChI is InChI=1S/C18H22N2O/c1-17(2,3)14-9-12(8-13(11-19)20-7)10-15(16(14)21)18(4,5)6/h8-10,21H,1-6H3/b13-8-. The van der Waals surface area contributed by atoms with Crippen LogP contribution in [0.3, 0.4) is 0 Å². The van der Waals surface area contributed by atoms with Crippen LogP contribution in [0.4, 0.5) is 0 Å². The van der Waals surface area contributed by atoms with E-state index in [4.69, 9.17) is 11.8 Å². The van der Waals surface area contributed by atoms with Crippen LogP contribution < -0.4 is 0 Å². The molecule has 1 aromatic carbocycles. The lowest BCUT2D eigenvalue weighted by molar-refractivity contribution is 0.423. The van der Waals surface area contributed by atoms with Crippen LogP contribution >= 0.6 is 0 Å². The van der Waals surface area contributed by atoms with Gasteiger partial charge in [0.15, 0.2) is 0 Å². The van der Waals surface area contributed by atoms with Gasteiger partial charge in [0, 0.05) is 11.1 Å². The maximum absolute atomic E-state index is 10.6. The topological polar surface area (TPSA) is 48.4 Å². The molecule has 1 aromatic rings. The highest BCUT2D eigenvalue weighted by Crippen LogP contribution is 2.40. The van der Waals surface area contributed by atoms with Crippen LogP contribution in [0.2, 0.25) is 0 Å². The van der Waals surface area contributed by atoms with E-state index in [9.17, 15) is 5.11 Å². The smallest absolute Gasteiger partial charge is 0.262 e. The molecule has 0 aliphatic rings. The molecule has 0 atom stereocenters. The van der Waals surface area contributed by atoms with Crippen LogP contribution in [0, 0.1) is 17.9 Å². The lowest BCUT2D eigenvalue weighted by Gasteiger charge is -2.28. The summed E-state index contributed by atoms with van der Waals surface area (Å²) in [6, 6.07) is 5.58. The third-order valence-corrected chi connectivity index (χ3v) is 3.29. The van der Waals surface area contributed by atoms with Crippen LogP contribution in [0.5, 0.6) is 5.75 Å². The summed E-state index contributed by atoms with van der Waals surface area (Å²) >= 11 is 0. The molecular weight excluding hydrogens is 260 g/mol. The molecule has 0 bridgehead atoms. The first kappa shape index (κ1) is 16.8. The molecule has 0 spiro atoms. The van der Waals surface area contributed by atoms with E-state index in [-0.39, 0.29) is 16.5 Å². The third-order valence-electron chi connectivity index (χ3n) is 3.29. The van der Waals surface area contributed by atoms with E-state index < -0.39 is 0 Å². The van der Waals surface area contributed by atoms with Gasteiger partial charge in [-0.2, -0.15) is 0 Å². The maximum Gasteiger partial charge on any atom is 0.262 e. The molecule has 0 radical (unpaired) electrons. The minimum absolute atomic E-state index is 0.0420. The van der Waals surface area contributed by atoms with Gasteiger partial charge in [0.05, 0.1) is 12.6 Å². The van der Waals surface area contributed by atoms with Crippen molar-refractivity contribution in [3.05, 3.63) is 45.9 Å². The second kappa shape index (κ2) is 5.62. The molecule has 0 unspecified atom stereocenters. The first-order chi connectivity index (χ1) is 9.50. The Kier molecular flexibility index (Phi) is 4.49. The Labute approximate surface area is 127 Å². The number of benzene rings is 1. The summed E-state index contributed by atoms with van der Waals surface area (Å²) in [4.78, 5) is 3.20. The molecule has 0 aliphatic carbocycles. The van der Waals surface area contributed by atoms with Crippen molar-refractivity contribution < 1.29 is 5.11 Å². The van der Waals surface area contributed by atoms with Gasteiger partial charge < -0.3 is 5.11 Å². The number of aromatic hydroxyl groups is 1. The molecule has 0 aliphatic heterocycles. The summed E-state index contributed by atoms with van der Waals surface area (Å²) in [6.07, 6.45) is 1.57. The summed E-state index contributed by atoms with van der Waals surface area (Å²) in [7, 11) is 0. The molecule has 0 heterocycles. The normalized spacial score (nSPS) is 12.7. The number of hydrogen-bond donors (Lipinski definition) is 1. The molecule has 1 rings (SSSR count). The number of phenolic OH excluding ortho intramolecular Hbond substituents is 1. The lowest BCUT2D eigenvalue weighted by atomic mass is 9.78. The quantitative estimate of drug-likeness (QED) is 0.595. The number of rotatable bonds is 1. The Morgan fingerprint density at radius 1 is 1.14 bits per heavy atom. The van der Waals surface area contributed by atoms with Crippen molar-refractivity contribution in [2.45, 2.75) is 52.4 Å². The van der Waals surface area contributed by atoms with Gasteiger partial charge in [-0.3, -0.25) is 0 Å². The zero-order valence-corrected chi connectivity index (χ0v) is 13.6. The molecular formula is C18H22N2O. The van der Waals surface area contributed by atoms with Crippen molar-refractivity contribution in [3.63, 3.8) is 0 Å². The van der Waals surface area contributed by atoms with Crippen LogP contribution in [0.1, 0.15) is 58.2 Å². The summed E-state index contributed by atoms with van der Waals surface area (Å²) in [6.45, 7) is 19.2. The minimum Gasteiger partial charge on any atom is -0.507 e. The number of nitriles is 1. The van der Waals surface area contributed by atoms with Gasteiger partial charge in [0.1, 0.15) is 5.75 Å². The van der Waals surface area contributed by atoms with Gasteiger partial charge in [0.2, 0.25) is 0 Å². The van der Waals surface area contributed by atoms with E-state index in [1.54, 1.807) is 6.08 Å². The van der Waals surface area contributed by atoms with E-state index in [2.05, 4.69) is 4.85 Å². The minimum atomic E-state index is -0.223. The summed E-state index contributed by atoms with van der Waals surface area (Å²) in [5.74, 6) is 0.300. The van der Waals surface area contributed by atoms with E-state index in [0.717, 1.165) is 16.7 Å². The van der Waals surface area contributed by atoms with Crippen molar-refractivity contribution in [1.29, 1.82) is 5.26 Å². The lowest BCUT2D eigenvalue weighted by Crippen LogP contribution is -2.17. The Bertz CT molecular complexity index is 605. The summed E-state index contributed by atoms with van der Waals surface area (Å²) < 4.78 is 0. The average molecular weight is 282 g/mol. The van der Waals surface area contributed by atoms with Crippen molar-refractivity contribution in [3.8, 4) is 11.8 Å². The summed E-state index contributed by atoms with van der Waals surface area (Å²) in [5.41, 5.74) is 2.01. The van der Waals surface area contributed by atoms with E-state index in [1.165, 1.54) is 0 Å². The fourth-order valence-electron chi connectivity index (χ4n) is 2.13. The number of allylic oxidation sites excluding steroid dienone is 1. The van der Waals surface area contributed by atoms with E-state index in [1.807, 2.05) is 59.7 Å². The zero-order valence-electron chi connectivity index (χ0n) is 13.6. The molecule has 0 amide bonds. The second-order valence-corrected chi connectivity index (χ2v) is 7.22. The molecule has 0 fully saturated rings. The predicted molar refractivity (Wildman–Crippen MR) is 85.7 cm³/mol. The van der Waals surface area contributed by atoms with E-state index >= 15 is 0 Å². The molecule has 0 saturated heterocycles. The van der Waals surface area contributed by atoms with Gasteiger partial charge in [-0.1, -0.05) is 41.5 Å². The Balaban J connectivity index is 3.69. The Hall–Kier alpha value is -2.26. The van der Waals surface area contributed by atoms with Crippen molar-refractivity contribution in [2.24, 2.45) is 0 Å². The molecule has 3 nitrogen and oxygen atoms in total.